The van der Waals surface area contributed by atoms with Crippen molar-refractivity contribution in [3.8, 4) is 0 Å². The summed E-state index contributed by atoms with van der Waals surface area (Å²) >= 11 is 0. The summed E-state index contributed by atoms with van der Waals surface area (Å²) in [6.07, 6.45) is 1.83. The van der Waals surface area contributed by atoms with Crippen LogP contribution < -0.4 is 11.5 Å². The van der Waals surface area contributed by atoms with Crippen LogP contribution in [0.5, 0.6) is 0 Å². The number of nitrogens with zero attached hydrogens (tertiary/aromatic N) is 1. The van der Waals surface area contributed by atoms with E-state index in [-0.39, 0.29) is 30.2 Å². The first-order valence-electron chi connectivity index (χ1n) is 6.91. The van der Waals surface area contributed by atoms with Gasteiger partial charge in [-0.2, -0.15) is 0 Å². The number of carbonyl (C=O) groups is 2. The third-order valence-electron chi connectivity index (χ3n) is 4.00. The van der Waals surface area contributed by atoms with Gasteiger partial charge < -0.3 is 16.4 Å². The average molecular weight is 275 g/mol. The molecule has 108 valence electrons. The van der Waals surface area contributed by atoms with E-state index in [1.54, 1.807) is 11.0 Å². The van der Waals surface area contributed by atoms with Gasteiger partial charge in [0.2, 0.25) is 11.8 Å². The monoisotopic (exact) mass is 275 g/mol. The van der Waals surface area contributed by atoms with Gasteiger partial charge in [0.1, 0.15) is 0 Å². The van der Waals surface area contributed by atoms with E-state index in [9.17, 15) is 9.59 Å². The second-order valence-corrected chi connectivity index (χ2v) is 5.45. The standard InChI is InChI=1S/C15H21N3O2/c1-10-6-7-12(15(17)20)9-18(10)14(19)8-11-4-2-3-5-13(11)16/h2-5,10,12H,6-9,16H2,1H3,(H2,17,20). The van der Waals surface area contributed by atoms with Gasteiger partial charge in [0.15, 0.2) is 0 Å². The normalized spacial score (nSPS) is 22.6. The number of amides is 2. The van der Waals surface area contributed by atoms with E-state index in [1.165, 1.54) is 0 Å². The molecule has 0 aromatic heterocycles. The summed E-state index contributed by atoms with van der Waals surface area (Å²) in [4.78, 5) is 25.5. The van der Waals surface area contributed by atoms with Crippen LogP contribution in [-0.4, -0.2) is 29.3 Å². The zero-order chi connectivity index (χ0) is 14.7. The Hall–Kier alpha value is -2.04. The van der Waals surface area contributed by atoms with E-state index in [2.05, 4.69) is 0 Å². The summed E-state index contributed by atoms with van der Waals surface area (Å²) in [6.45, 7) is 2.42. The lowest BCUT2D eigenvalue weighted by molar-refractivity contribution is -0.136. The molecule has 0 saturated carbocycles. The number of likely N-dealkylation sites (tertiary alicyclic amines) is 1. The Morgan fingerprint density at radius 3 is 2.65 bits per heavy atom. The van der Waals surface area contributed by atoms with Gasteiger partial charge in [-0.1, -0.05) is 18.2 Å². The van der Waals surface area contributed by atoms with Gasteiger partial charge >= 0.3 is 0 Å². The number of piperidine rings is 1. The largest absolute Gasteiger partial charge is 0.398 e. The third-order valence-corrected chi connectivity index (χ3v) is 4.00. The molecule has 1 aliphatic heterocycles. The highest BCUT2D eigenvalue weighted by Gasteiger charge is 2.31. The number of para-hydroxylation sites is 1. The van der Waals surface area contributed by atoms with Crippen molar-refractivity contribution in [3.63, 3.8) is 0 Å². The number of hydrogen-bond acceptors (Lipinski definition) is 3. The Balaban J connectivity index is 2.07. The van der Waals surface area contributed by atoms with Crippen LogP contribution in [0, 0.1) is 5.92 Å². The Labute approximate surface area is 118 Å². The summed E-state index contributed by atoms with van der Waals surface area (Å²) in [6, 6.07) is 7.49. The van der Waals surface area contributed by atoms with Crippen LogP contribution in [0.4, 0.5) is 5.69 Å². The summed E-state index contributed by atoms with van der Waals surface area (Å²) in [5.74, 6) is -0.557. The number of benzene rings is 1. The highest BCUT2D eigenvalue weighted by Crippen LogP contribution is 2.23. The van der Waals surface area contributed by atoms with Crippen molar-refractivity contribution in [2.75, 3.05) is 12.3 Å². The van der Waals surface area contributed by atoms with Crippen LogP contribution in [0.15, 0.2) is 24.3 Å². The topological polar surface area (TPSA) is 89.4 Å². The van der Waals surface area contributed by atoms with Gasteiger partial charge in [-0.25, -0.2) is 0 Å². The van der Waals surface area contributed by atoms with Crippen molar-refractivity contribution in [2.24, 2.45) is 11.7 Å². The molecule has 1 fully saturated rings. The fourth-order valence-electron chi connectivity index (χ4n) is 2.65. The molecule has 2 unspecified atom stereocenters. The van der Waals surface area contributed by atoms with Gasteiger partial charge in [-0.3, -0.25) is 9.59 Å². The van der Waals surface area contributed by atoms with Gasteiger partial charge in [0.05, 0.1) is 12.3 Å². The minimum Gasteiger partial charge on any atom is -0.398 e. The predicted molar refractivity (Wildman–Crippen MR) is 77.7 cm³/mol. The molecule has 0 radical (unpaired) electrons. The van der Waals surface area contributed by atoms with Crippen LogP contribution in [0.25, 0.3) is 0 Å². The molecule has 5 heteroatoms. The Morgan fingerprint density at radius 2 is 2.00 bits per heavy atom. The molecule has 0 spiro atoms. The first-order chi connectivity index (χ1) is 9.49. The van der Waals surface area contributed by atoms with Crippen LogP contribution in [-0.2, 0) is 16.0 Å². The molecule has 1 aromatic rings. The number of hydrogen-bond donors (Lipinski definition) is 2. The maximum absolute atomic E-state index is 12.4. The molecular weight excluding hydrogens is 254 g/mol. The minimum atomic E-state index is -0.325. The van der Waals surface area contributed by atoms with E-state index >= 15 is 0 Å². The van der Waals surface area contributed by atoms with E-state index in [0.29, 0.717) is 12.2 Å². The summed E-state index contributed by atoms with van der Waals surface area (Å²) in [5, 5.41) is 0. The predicted octanol–water partition coefficient (Wildman–Crippen LogP) is 0.924. The quantitative estimate of drug-likeness (QED) is 0.804. The maximum atomic E-state index is 12.4. The number of anilines is 1. The number of rotatable bonds is 3. The fraction of sp³-hybridized carbons (Fsp3) is 0.467. The van der Waals surface area contributed by atoms with Gasteiger partial charge in [0.25, 0.3) is 0 Å². The third kappa shape index (κ3) is 3.10. The first kappa shape index (κ1) is 14.4. The van der Waals surface area contributed by atoms with Crippen molar-refractivity contribution in [3.05, 3.63) is 29.8 Å². The zero-order valence-corrected chi connectivity index (χ0v) is 11.7. The van der Waals surface area contributed by atoms with Crippen molar-refractivity contribution in [1.82, 2.24) is 4.90 Å². The van der Waals surface area contributed by atoms with Crippen LogP contribution in [0.3, 0.4) is 0 Å². The zero-order valence-electron chi connectivity index (χ0n) is 11.7. The molecule has 2 amide bonds. The van der Waals surface area contributed by atoms with Gasteiger partial charge in [-0.15, -0.1) is 0 Å². The number of primary amides is 1. The lowest BCUT2D eigenvalue weighted by Gasteiger charge is -2.37. The summed E-state index contributed by atoms with van der Waals surface area (Å²) < 4.78 is 0. The SMILES string of the molecule is CC1CCC(C(N)=O)CN1C(=O)Cc1ccccc1N. The first-order valence-corrected chi connectivity index (χ1v) is 6.91. The molecule has 0 bridgehead atoms. The number of carbonyl (C=O) groups excluding carboxylic acids is 2. The number of nitrogens with two attached hydrogens (primary N) is 2. The molecule has 20 heavy (non-hydrogen) atoms. The molecule has 1 heterocycles. The summed E-state index contributed by atoms with van der Waals surface area (Å²) in [7, 11) is 0. The Bertz CT molecular complexity index is 516. The van der Waals surface area contributed by atoms with Crippen molar-refractivity contribution in [2.45, 2.75) is 32.2 Å². The highest BCUT2D eigenvalue weighted by molar-refractivity contribution is 5.82. The van der Waals surface area contributed by atoms with Crippen molar-refractivity contribution >= 4 is 17.5 Å². The molecule has 1 aromatic carbocycles. The summed E-state index contributed by atoms with van der Waals surface area (Å²) in [5.41, 5.74) is 12.7. The lowest BCUT2D eigenvalue weighted by atomic mass is 9.92. The average Bonchev–Trinajstić information content (AvgIpc) is 2.41. The molecule has 1 aliphatic rings. The van der Waals surface area contributed by atoms with Crippen molar-refractivity contribution in [1.29, 1.82) is 0 Å². The molecule has 0 aliphatic carbocycles. The minimum absolute atomic E-state index is 0.00125. The molecule has 5 nitrogen and oxygen atoms in total. The molecular formula is C15H21N3O2. The molecule has 2 rings (SSSR count). The Morgan fingerprint density at radius 1 is 1.30 bits per heavy atom. The molecule has 4 N–H and O–H groups in total. The van der Waals surface area contributed by atoms with Gasteiger partial charge in [0, 0.05) is 18.3 Å². The van der Waals surface area contributed by atoms with E-state index in [1.807, 2.05) is 25.1 Å². The smallest absolute Gasteiger partial charge is 0.227 e. The Kier molecular flexibility index (Phi) is 4.27. The maximum Gasteiger partial charge on any atom is 0.227 e. The van der Waals surface area contributed by atoms with E-state index in [4.69, 9.17) is 11.5 Å². The lowest BCUT2D eigenvalue weighted by Crippen LogP contribution is -2.49. The second-order valence-electron chi connectivity index (χ2n) is 5.45. The van der Waals surface area contributed by atoms with Gasteiger partial charge in [-0.05, 0) is 31.4 Å². The van der Waals surface area contributed by atoms with E-state index < -0.39 is 0 Å². The van der Waals surface area contributed by atoms with E-state index in [0.717, 1.165) is 18.4 Å². The van der Waals surface area contributed by atoms with Crippen LogP contribution in [0.1, 0.15) is 25.3 Å². The molecule has 1 saturated heterocycles. The molecule has 2 atom stereocenters. The fourth-order valence-corrected chi connectivity index (χ4v) is 2.65. The van der Waals surface area contributed by atoms with Crippen LogP contribution in [0.2, 0.25) is 0 Å². The van der Waals surface area contributed by atoms with Crippen molar-refractivity contribution < 1.29 is 9.59 Å². The van der Waals surface area contributed by atoms with Crippen LogP contribution >= 0.6 is 0 Å². The number of nitrogen functional groups attached to an aromatic ring is 1. The second kappa shape index (κ2) is 5.94. The highest BCUT2D eigenvalue weighted by atomic mass is 16.2.